The van der Waals surface area contributed by atoms with Gasteiger partial charge in [0, 0.05) is 32.3 Å². The van der Waals surface area contributed by atoms with Crippen LogP contribution in [0.15, 0.2) is 42.6 Å². The van der Waals surface area contributed by atoms with Crippen LogP contribution >= 0.6 is 11.6 Å². The minimum Gasteiger partial charge on any atom is -0.481 e. The van der Waals surface area contributed by atoms with Gasteiger partial charge < -0.3 is 14.6 Å². The molecule has 1 saturated heterocycles. The molecule has 23 heavy (non-hydrogen) atoms. The number of aromatic nitrogens is 1. The van der Waals surface area contributed by atoms with Gasteiger partial charge >= 0.3 is 5.97 Å². The molecule has 3 rings (SSSR count). The van der Waals surface area contributed by atoms with Crippen LogP contribution in [0.1, 0.15) is 22.0 Å². The van der Waals surface area contributed by atoms with Crippen molar-refractivity contribution in [2.75, 3.05) is 13.1 Å². The number of halogens is 1. The lowest BCUT2D eigenvalue weighted by Gasteiger charge is -2.16. The van der Waals surface area contributed by atoms with Crippen LogP contribution < -0.4 is 0 Å². The summed E-state index contributed by atoms with van der Waals surface area (Å²) >= 11 is 5.93. The fourth-order valence-corrected chi connectivity index (χ4v) is 3.41. The van der Waals surface area contributed by atoms with E-state index >= 15 is 0 Å². The molecule has 0 saturated carbocycles. The SMILES string of the molecule is Cn1cc(Cl)cc1C(=O)N1C[C@H](C(=O)O)[C@H](c2ccccc2)C1. The highest BCUT2D eigenvalue weighted by atomic mass is 35.5. The molecule has 0 aliphatic carbocycles. The van der Waals surface area contributed by atoms with Gasteiger partial charge in [-0.15, -0.1) is 0 Å². The summed E-state index contributed by atoms with van der Waals surface area (Å²) in [6.45, 7) is 0.596. The second-order valence-corrected chi connectivity index (χ2v) is 6.26. The van der Waals surface area contributed by atoms with E-state index in [1.807, 2.05) is 30.3 Å². The van der Waals surface area contributed by atoms with Gasteiger partial charge in [-0.05, 0) is 11.6 Å². The smallest absolute Gasteiger partial charge is 0.308 e. The molecule has 2 heterocycles. The van der Waals surface area contributed by atoms with E-state index in [1.165, 1.54) is 0 Å². The van der Waals surface area contributed by atoms with Crippen LogP contribution in [0, 0.1) is 5.92 Å². The molecule has 1 aromatic carbocycles. The van der Waals surface area contributed by atoms with E-state index in [0.717, 1.165) is 5.56 Å². The first-order chi connectivity index (χ1) is 11.0. The highest BCUT2D eigenvalue weighted by Crippen LogP contribution is 2.33. The third kappa shape index (κ3) is 2.97. The maximum absolute atomic E-state index is 12.7. The Labute approximate surface area is 139 Å². The van der Waals surface area contributed by atoms with Crippen LogP contribution in [0.5, 0.6) is 0 Å². The summed E-state index contributed by atoms with van der Waals surface area (Å²) in [5.74, 6) is -1.87. The van der Waals surface area contributed by atoms with E-state index in [1.54, 1.807) is 28.8 Å². The number of benzene rings is 1. The summed E-state index contributed by atoms with van der Waals surface area (Å²) in [7, 11) is 1.75. The molecule has 2 aromatic rings. The molecule has 0 bridgehead atoms. The molecule has 1 amide bonds. The number of carbonyl (C=O) groups is 2. The van der Waals surface area contributed by atoms with Crippen molar-refractivity contribution in [1.29, 1.82) is 0 Å². The monoisotopic (exact) mass is 332 g/mol. The van der Waals surface area contributed by atoms with E-state index in [0.29, 0.717) is 17.3 Å². The fraction of sp³-hybridized carbons (Fsp3) is 0.294. The molecular formula is C17H17ClN2O3. The number of hydrogen-bond acceptors (Lipinski definition) is 2. The minimum atomic E-state index is -0.876. The Hall–Kier alpha value is -2.27. The number of carbonyl (C=O) groups excluding carboxylic acids is 1. The van der Waals surface area contributed by atoms with Crippen LogP contribution in [0.25, 0.3) is 0 Å². The summed E-state index contributed by atoms with van der Waals surface area (Å²) in [6, 6.07) is 11.1. The second kappa shape index (κ2) is 6.08. The molecule has 0 unspecified atom stereocenters. The van der Waals surface area contributed by atoms with Crippen molar-refractivity contribution in [2.45, 2.75) is 5.92 Å². The highest BCUT2D eigenvalue weighted by Gasteiger charge is 2.41. The van der Waals surface area contributed by atoms with Crippen LogP contribution in [0.4, 0.5) is 0 Å². The van der Waals surface area contributed by atoms with Gasteiger partial charge in [-0.2, -0.15) is 0 Å². The Kier molecular flexibility index (Phi) is 4.13. The van der Waals surface area contributed by atoms with Gasteiger partial charge in [0.05, 0.1) is 10.9 Å². The summed E-state index contributed by atoms with van der Waals surface area (Å²) in [5.41, 5.74) is 1.41. The zero-order valence-electron chi connectivity index (χ0n) is 12.6. The molecule has 6 heteroatoms. The van der Waals surface area contributed by atoms with Crippen molar-refractivity contribution >= 4 is 23.5 Å². The number of nitrogens with zero attached hydrogens (tertiary/aromatic N) is 2. The van der Waals surface area contributed by atoms with Gasteiger partial charge in [-0.1, -0.05) is 41.9 Å². The van der Waals surface area contributed by atoms with E-state index < -0.39 is 11.9 Å². The quantitative estimate of drug-likeness (QED) is 0.939. The fourth-order valence-electron chi connectivity index (χ4n) is 3.16. The third-order valence-electron chi connectivity index (χ3n) is 4.34. The lowest BCUT2D eigenvalue weighted by molar-refractivity contribution is -0.141. The third-order valence-corrected chi connectivity index (χ3v) is 4.55. The zero-order valence-corrected chi connectivity index (χ0v) is 13.4. The zero-order chi connectivity index (χ0) is 16.6. The van der Waals surface area contributed by atoms with Gasteiger partial charge in [-0.25, -0.2) is 0 Å². The summed E-state index contributed by atoms with van der Waals surface area (Å²) in [6.07, 6.45) is 1.66. The molecular weight excluding hydrogens is 316 g/mol. The Morgan fingerprint density at radius 1 is 1.22 bits per heavy atom. The number of aliphatic carboxylic acids is 1. The van der Waals surface area contributed by atoms with Gasteiger partial charge in [0.25, 0.3) is 5.91 Å². The molecule has 1 N–H and O–H groups in total. The van der Waals surface area contributed by atoms with E-state index in [9.17, 15) is 14.7 Å². The Bertz CT molecular complexity index is 742. The standard InChI is InChI=1S/C17H17ClN2O3/c1-19-8-12(18)7-15(19)16(21)20-9-13(14(10-20)17(22)23)11-5-3-2-4-6-11/h2-8,13-14H,9-10H2,1H3,(H,22,23)/t13-,14-/m0/s1. The van der Waals surface area contributed by atoms with E-state index in [-0.39, 0.29) is 18.4 Å². The molecule has 2 atom stereocenters. The average Bonchev–Trinajstić information content (AvgIpc) is 3.11. The first-order valence-electron chi connectivity index (χ1n) is 7.36. The van der Waals surface area contributed by atoms with E-state index in [4.69, 9.17) is 11.6 Å². The maximum atomic E-state index is 12.7. The Morgan fingerprint density at radius 2 is 1.91 bits per heavy atom. The summed E-state index contributed by atoms with van der Waals surface area (Å²) in [4.78, 5) is 25.9. The number of likely N-dealkylation sites (tertiary alicyclic amines) is 1. The molecule has 1 aliphatic heterocycles. The maximum Gasteiger partial charge on any atom is 0.308 e. The van der Waals surface area contributed by atoms with Crippen molar-refractivity contribution in [3.8, 4) is 0 Å². The minimum absolute atomic E-state index is 0.191. The van der Waals surface area contributed by atoms with Gasteiger partial charge in [0.15, 0.2) is 0 Å². The van der Waals surface area contributed by atoms with Crippen LogP contribution in [0.3, 0.4) is 0 Å². The van der Waals surface area contributed by atoms with Gasteiger partial charge in [0.1, 0.15) is 5.69 Å². The van der Waals surface area contributed by atoms with Gasteiger partial charge in [0.2, 0.25) is 0 Å². The highest BCUT2D eigenvalue weighted by molar-refractivity contribution is 6.31. The number of amides is 1. The average molecular weight is 333 g/mol. The van der Waals surface area contributed by atoms with Gasteiger partial charge in [-0.3, -0.25) is 9.59 Å². The number of carboxylic acids is 1. The molecule has 1 aromatic heterocycles. The van der Waals surface area contributed by atoms with Crippen molar-refractivity contribution in [2.24, 2.45) is 13.0 Å². The predicted molar refractivity (Wildman–Crippen MR) is 86.6 cm³/mol. The first kappa shape index (κ1) is 15.6. The van der Waals surface area contributed by atoms with Crippen molar-refractivity contribution in [3.05, 3.63) is 58.9 Å². The first-order valence-corrected chi connectivity index (χ1v) is 7.74. The molecule has 0 spiro atoms. The van der Waals surface area contributed by atoms with Crippen LogP contribution in [-0.4, -0.2) is 39.5 Å². The molecule has 1 fully saturated rings. The Balaban J connectivity index is 1.87. The van der Waals surface area contributed by atoms with Crippen molar-refractivity contribution in [3.63, 3.8) is 0 Å². The normalized spacial score (nSPS) is 20.7. The largest absolute Gasteiger partial charge is 0.481 e. The van der Waals surface area contributed by atoms with Crippen molar-refractivity contribution in [1.82, 2.24) is 9.47 Å². The lowest BCUT2D eigenvalue weighted by atomic mass is 9.89. The van der Waals surface area contributed by atoms with Crippen molar-refractivity contribution < 1.29 is 14.7 Å². The summed E-state index contributed by atoms with van der Waals surface area (Å²) in [5, 5.41) is 10.00. The van der Waals surface area contributed by atoms with E-state index in [2.05, 4.69) is 0 Å². The molecule has 5 nitrogen and oxygen atoms in total. The molecule has 0 radical (unpaired) electrons. The topological polar surface area (TPSA) is 62.5 Å². The lowest BCUT2D eigenvalue weighted by Crippen LogP contribution is -2.31. The molecule has 120 valence electrons. The Morgan fingerprint density at radius 3 is 2.48 bits per heavy atom. The van der Waals surface area contributed by atoms with Crippen LogP contribution in [0.2, 0.25) is 5.02 Å². The molecule has 1 aliphatic rings. The number of aryl methyl sites for hydroxylation is 1. The predicted octanol–water partition coefficient (Wildman–Crippen LogP) is 2.62. The number of hydrogen-bond donors (Lipinski definition) is 1. The number of rotatable bonds is 3. The second-order valence-electron chi connectivity index (χ2n) is 5.83. The van der Waals surface area contributed by atoms with Crippen LogP contribution in [-0.2, 0) is 11.8 Å². The number of carboxylic acid groups (broad SMARTS) is 1. The summed E-state index contributed by atoms with van der Waals surface area (Å²) < 4.78 is 1.66.